The van der Waals surface area contributed by atoms with Gasteiger partial charge in [-0.25, -0.2) is 0 Å². The summed E-state index contributed by atoms with van der Waals surface area (Å²) < 4.78 is 5.10. The predicted octanol–water partition coefficient (Wildman–Crippen LogP) is 3.46. The van der Waals surface area contributed by atoms with Crippen LogP contribution in [-0.4, -0.2) is 5.78 Å². The number of benzene rings is 1. The minimum atomic E-state index is -0.0528. The van der Waals surface area contributed by atoms with Gasteiger partial charge in [-0.15, -0.1) is 0 Å². The zero-order chi connectivity index (χ0) is 11.4. The summed E-state index contributed by atoms with van der Waals surface area (Å²) in [6.45, 7) is 2.13. The number of rotatable bonds is 4. The third-order valence-corrected chi connectivity index (χ3v) is 2.47. The lowest BCUT2D eigenvalue weighted by Crippen LogP contribution is -2.00. The van der Waals surface area contributed by atoms with Crippen molar-refractivity contribution in [2.24, 2.45) is 0 Å². The van der Waals surface area contributed by atoms with Gasteiger partial charge in [0.25, 0.3) is 0 Å². The second-order valence-corrected chi connectivity index (χ2v) is 3.76. The van der Waals surface area contributed by atoms with Crippen LogP contribution in [0.5, 0.6) is 0 Å². The fourth-order valence-electron chi connectivity index (χ4n) is 1.71. The van der Waals surface area contributed by atoms with Crippen molar-refractivity contribution < 1.29 is 9.21 Å². The zero-order valence-electron chi connectivity index (χ0n) is 9.27. The second kappa shape index (κ2) is 4.79. The first-order valence-corrected chi connectivity index (χ1v) is 5.48. The molecule has 0 saturated carbocycles. The molecular formula is C14H14O2. The number of aryl methyl sites for hydroxylation is 1. The molecule has 0 radical (unpaired) electrons. The Morgan fingerprint density at radius 3 is 2.81 bits per heavy atom. The van der Waals surface area contributed by atoms with Crippen molar-refractivity contribution in [1.29, 1.82) is 0 Å². The van der Waals surface area contributed by atoms with Gasteiger partial charge in [-0.1, -0.05) is 31.5 Å². The molecule has 0 fully saturated rings. The zero-order valence-corrected chi connectivity index (χ0v) is 9.27. The number of carbonyl (C=O) groups excluding carboxylic acids is 1. The molecule has 1 aromatic carbocycles. The third kappa shape index (κ3) is 2.22. The van der Waals surface area contributed by atoms with E-state index in [-0.39, 0.29) is 5.78 Å². The molecule has 0 N–H and O–H groups in total. The highest BCUT2D eigenvalue weighted by Gasteiger charge is 2.11. The van der Waals surface area contributed by atoms with Gasteiger partial charge in [0.2, 0.25) is 5.78 Å². The third-order valence-electron chi connectivity index (χ3n) is 2.47. The first-order valence-electron chi connectivity index (χ1n) is 5.48. The van der Waals surface area contributed by atoms with Crippen molar-refractivity contribution in [3.8, 4) is 0 Å². The summed E-state index contributed by atoms with van der Waals surface area (Å²) in [4.78, 5) is 12.0. The Hall–Kier alpha value is -1.83. The van der Waals surface area contributed by atoms with Gasteiger partial charge in [-0.05, 0) is 30.2 Å². The fraction of sp³-hybridized carbons (Fsp3) is 0.214. The highest BCUT2D eigenvalue weighted by Crippen LogP contribution is 2.13. The Balaban J connectivity index is 2.27. The van der Waals surface area contributed by atoms with Gasteiger partial charge in [0, 0.05) is 5.56 Å². The molecule has 0 atom stereocenters. The Morgan fingerprint density at radius 1 is 1.25 bits per heavy atom. The highest BCUT2D eigenvalue weighted by molar-refractivity contribution is 6.07. The van der Waals surface area contributed by atoms with Crippen LogP contribution in [0, 0.1) is 0 Å². The smallest absolute Gasteiger partial charge is 0.228 e. The van der Waals surface area contributed by atoms with E-state index in [9.17, 15) is 4.79 Å². The van der Waals surface area contributed by atoms with Crippen LogP contribution in [0.3, 0.4) is 0 Å². The molecule has 2 nitrogen and oxygen atoms in total. The average Bonchev–Trinajstić information content (AvgIpc) is 2.82. The molecule has 0 amide bonds. The van der Waals surface area contributed by atoms with Crippen LogP contribution in [0.1, 0.15) is 35.0 Å². The summed E-state index contributed by atoms with van der Waals surface area (Å²) in [5, 5.41) is 0. The lowest BCUT2D eigenvalue weighted by atomic mass is 10.0. The van der Waals surface area contributed by atoms with E-state index in [4.69, 9.17) is 4.42 Å². The lowest BCUT2D eigenvalue weighted by molar-refractivity contribution is 0.101. The molecule has 0 bridgehead atoms. The number of ketones is 1. The van der Waals surface area contributed by atoms with Gasteiger partial charge >= 0.3 is 0 Å². The van der Waals surface area contributed by atoms with Gasteiger partial charge in [-0.2, -0.15) is 0 Å². The van der Waals surface area contributed by atoms with Crippen LogP contribution in [0.15, 0.2) is 47.1 Å². The summed E-state index contributed by atoms with van der Waals surface area (Å²) in [7, 11) is 0. The molecule has 2 heteroatoms. The molecule has 0 unspecified atom stereocenters. The Labute approximate surface area is 94.9 Å². The molecule has 2 rings (SSSR count). The molecular weight excluding hydrogens is 200 g/mol. The number of carbonyl (C=O) groups is 1. The molecule has 82 valence electrons. The SMILES string of the molecule is CCCc1cccc(C(=O)c2ccco2)c1. The molecule has 0 aliphatic rings. The standard InChI is InChI=1S/C14H14O2/c1-2-5-11-6-3-7-12(10-11)14(15)13-8-4-9-16-13/h3-4,6-10H,2,5H2,1H3. The number of hydrogen-bond acceptors (Lipinski definition) is 2. The second-order valence-electron chi connectivity index (χ2n) is 3.76. The van der Waals surface area contributed by atoms with Crippen LogP contribution in [0.4, 0.5) is 0 Å². The van der Waals surface area contributed by atoms with E-state index in [2.05, 4.69) is 6.92 Å². The Kier molecular flexibility index (Phi) is 3.20. The molecule has 2 aromatic rings. The Bertz CT molecular complexity index is 469. The summed E-state index contributed by atoms with van der Waals surface area (Å²) in [6, 6.07) is 11.1. The minimum Gasteiger partial charge on any atom is -0.461 e. The quantitative estimate of drug-likeness (QED) is 0.729. The van der Waals surface area contributed by atoms with Gasteiger partial charge in [-0.3, -0.25) is 4.79 Å². The maximum Gasteiger partial charge on any atom is 0.228 e. The van der Waals surface area contributed by atoms with Crippen molar-refractivity contribution >= 4 is 5.78 Å². The number of furan rings is 1. The van der Waals surface area contributed by atoms with Crippen LogP contribution < -0.4 is 0 Å². The highest BCUT2D eigenvalue weighted by atomic mass is 16.3. The van der Waals surface area contributed by atoms with Gasteiger partial charge in [0.1, 0.15) is 0 Å². The van der Waals surface area contributed by atoms with Gasteiger partial charge in [0.15, 0.2) is 5.76 Å². The van der Waals surface area contributed by atoms with E-state index in [1.54, 1.807) is 12.1 Å². The van der Waals surface area contributed by atoms with Crippen molar-refractivity contribution in [3.05, 3.63) is 59.5 Å². The van der Waals surface area contributed by atoms with E-state index >= 15 is 0 Å². The van der Waals surface area contributed by atoms with E-state index in [1.807, 2.05) is 24.3 Å². The lowest BCUT2D eigenvalue weighted by Gasteiger charge is -2.01. The molecule has 1 heterocycles. The maximum absolute atomic E-state index is 12.0. The molecule has 16 heavy (non-hydrogen) atoms. The minimum absolute atomic E-state index is 0.0528. The first-order chi connectivity index (χ1) is 7.81. The van der Waals surface area contributed by atoms with Crippen molar-refractivity contribution in [2.45, 2.75) is 19.8 Å². The fourth-order valence-corrected chi connectivity index (χ4v) is 1.71. The molecule has 1 aromatic heterocycles. The Morgan fingerprint density at radius 2 is 2.12 bits per heavy atom. The monoisotopic (exact) mass is 214 g/mol. The van der Waals surface area contributed by atoms with Crippen LogP contribution in [-0.2, 0) is 6.42 Å². The van der Waals surface area contributed by atoms with E-state index < -0.39 is 0 Å². The van der Waals surface area contributed by atoms with Crippen LogP contribution in [0.2, 0.25) is 0 Å². The van der Waals surface area contributed by atoms with Crippen molar-refractivity contribution in [1.82, 2.24) is 0 Å². The number of hydrogen-bond donors (Lipinski definition) is 0. The van der Waals surface area contributed by atoms with Crippen LogP contribution >= 0.6 is 0 Å². The topological polar surface area (TPSA) is 30.2 Å². The maximum atomic E-state index is 12.0. The van der Waals surface area contributed by atoms with E-state index in [0.29, 0.717) is 11.3 Å². The molecule has 0 aliphatic carbocycles. The summed E-state index contributed by atoms with van der Waals surface area (Å²) in [6.07, 6.45) is 3.60. The van der Waals surface area contributed by atoms with Crippen molar-refractivity contribution in [3.63, 3.8) is 0 Å². The summed E-state index contributed by atoms with van der Waals surface area (Å²) in [5.41, 5.74) is 1.89. The molecule has 0 saturated heterocycles. The van der Waals surface area contributed by atoms with E-state index in [1.165, 1.54) is 11.8 Å². The largest absolute Gasteiger partial charge is 0.461 e. The normalized spacial score (nSPS) is 10.3. The van der Waals surface area contributed by atoms with Gasteiger partial charge in [0.05, 0.1) is 6.26 Å². The molecule has 0 aliphatic heterocycles. The predicted molar refractivity (Wildman–Crippen MR) is 62.6 cm³/mol. The first kappa shape index (κ1) is 10.7. The summed E-state index contributed by atoms with van der Waals surface area (Å²) >= 11 is 0. The average molecular weight is 214 g/mol. The summed E-state index contributed by atoms with van der Waals surface area (Å²) in [5.74, 6) is 0.344. The van der Waals surface area contributed by atoms with E-state index in [0.717, 1.165) is 12.8 Å². The van der Waals surface area contributed by atoms with Crippen LogP contribution in [0.25, 0.3) is 0 Å². The molecule has 0 spiro atoms. The van der Waals surface area contributed by atoms with Crippen molar-refractivity contribution in [2.75, 3.05) is 0 Å². The van der Waals surface area contributed by atoms with Gasteiger partial charge < -0.3 is 4.42 Å².